The van der Waals surface area contributed by atoms with Gasteiger partial charge in [-0.3, -0.25) is 9.48 Å². The summed E-state index contributed by atoms with van der Waals surface area (Å²) >= 11 is 0. The minimum Gasteiger partial charge on any atom is -0.495 e. The lowest BCUT2D eigenvalue weighted by molar-refractivity contribution is 0.0990. The molecule has 1 aromatic heterocycles. The third-order valence-electron chi connectivity index (χ3n) is 2.71. The van der Waals surface area contributed by atoms with Gasteiger partial charge in [-0.1, -0.05) is 6.07 Å². The van der Waals surface area contributed by atoms with E-state index in [1.807, 2.05) is 0 Å². The normalized spacial score (nSPS) is 10.3. The summed E-state index contributed by atoms with van der Waals surface area (Å²) in [6.07, 6.45) is 1.57. The molecular formula is C12H14N4O2. The molecule has 1 heterocycles. The molecule has 2 aromatic rings. The average molecular weight is 246 g/mol. The molecule has 0 spiro atoms. The van der Waals surface area contributed by atoms with Crippen molar-refractivity contribution in [2.75, 3.05) is 12.8 Å². The second-order valence-electron chi connectivity index (χ2n) is 3.82. The molecular weight excluding hydrogens is 232 g/mol. The minimum absolute atomic E-state index is 0.109. The zero-order chi connectivity index (χ0) is 13.1. The number of ether oxygens (including phenoxy) is 1. The highest BCUT2D eigenvalue weighted by atomic mass is 16.5. The van der Waals surface area contributed by atoms with Crippen LogP contribution in [0, 0.1) is 0 Å². The molecule has 0 unspecified atom stereocenters. The maximum Gasteiger partial charge on any atom is 0.172 e. The molecule has 0 radical (unpaired) electrons. The number of aromatic nitrogens is 3. The molecule has 0 aliphatic rings. The molecule has 0 atom stereocenters. The quantitative estimate of drug-likeness (QED) is 0.638. The molecule has 1 aromatic carbocycles. The standard InChI is InChI=1S/C12H14N4O2/c1-16-11(14-7-15-16)6-9(17)8-4-3-5-10(18-2)12(8)13/h3-5,7H,6,13H2,1-2H3. The van der Waals surface area contributed by atoms with E-state index in [1.165, 1.54) is 13.4 Å². The Hall–Kier alpha value is -2.37. The monoisotopic (exact) mass is 246 g/mol. The van der Waals surface area contributed by atoms with E-state index < -0.39 is 0 Å². The number of para-hydroxylation sites is 1. The zero-order valence-electron chi connectivity index (χ0n) is 10.3. The fourth-order valence-corrected chi connectivity index (χ4v) is 1.68. The zero-order valence-corrected chi connectivity index (χ0v) is 10.3. The summed E-state index contributed by atoms with van der Waals surface area (Å²) in [4.78, 5) is 16.1. The van der Waals surface area contributed by atoms with E-state index in [9.17, 15) is 4.79 Å². The van der Waals surface area contributed by atoms with Gasteiger partial charge in [0, 0.05) is 12.6 Å². The van der Waals surface area contributed by atoms with Gasteiger partial charge in [-0.25, -0.2) is 4.98 Å². The van der Waals surface area contributed by atoms with Crippen molar-refractivity contribution in [1.29, 1.82) is 0 Å². The van der Waals surface area contributed by atoms with Crippen LogP contribution in [0.4, 0.5) is 5.69 Å². The predicted octanol–water partition coefficient (Wildman–Crippen LogP) is 0.831. The molecule has 0 amide bonds. The van der Waals surface area contributed by atoms with E-state index in [-0.39, 0.29) is 12.2 Å². The Balaban J connectivity index is 2.27. The van der Waals surface area contributed by atoms with Gasteiger partial charge in [-0.2, -0.15) is 5.10 Å². The summed E-state index contributed by atoms with van der Waals surface area (Å²) in [5.41, 5.74) is 6.67. The Morgan fingerprint density at radius 2 is 2.28 bits per heavy atom. The van der Waals surface area contributed by atoms with Crippen molar-refractivity contribution in [3.63, 3.8) is 0 Å². The third kappa shape index (κ3) is 2.17. The lowest BCUT2D eigenvalue weighted by atomic mass is 10.1. The highest BCUT2D eigenvalue weighted by molar-refractivity contribution is 6.02. The number of benzene rings is 1. The largest absolute Gasteiger partial charge is 0.495 e. The third-order valence-corrected chi connectivity index (χ3v) is 2.71. The van der Waals surface area contributed by atoms with Crippen LogP contribution in [0.3, 0.4) is 0 Å². The van der Waals surface area contributed by atoms with Gasteiger partial charge >= 0.3 is 0 Å². The number of nitrogens with zero attached hydrogens (tertiary/aromatic N) is 3. The van der Waals surface area contributed by atoms with E-state index >= 15 is 0 Å². The molecule has 6 heteroatoms. The summed E-state index contributed by atoms with van der Waals surface area (Å²) in [6.45, 7) is 0. The second kappa shape index (κ2) is 4.87. The van der Waals surface area contributed by atoms with E-state index in [0.29, 0.717) is 22.8 Å². The topological polar surface area (TPSA) is 83.0 Å². The van der Waals surface area contributed by atoms with Crippen LogP contribution in [0.25, 0.3) is 0 Å². The number of carbonyl (C=O) groups excluding carboxylic acids is 1. The summed E-state index contributed by atoms with van der Waals surface area (Å²) in [5, 5.41) is 3.92. The van der Waals surface area contributed by atoms with Gasteiger partial charge in [0.05, 0.1) is 19.2 Å². The highest BCUT2D eigenvalue weighted by Gasteiger charge is 2.15. The molecule has 6 nitrogen and oxygen atoms in total. The number of anilines is 1. The summed E-state index contributed by atoms with van der Waals surface area (Å²) in [5.74, 6) is 0.989. The number of rotatable bonds is 4. The molecule has 0 aliphatic carbocycles. The molecule has 18 heavy (non-hydrogen) atoms. The van der Waals surface area contributed by atoms with Crippen molar-refractivity contribution in [3.8, 4) is 5.75 Å². The van der Waals surface area contributed by atoms with Crippen LogP contribution in [0.15, 0.2) is 24.5 Å². The van der Waals surface area contributed by atoms with E-state index in [0.717, 1.165) is 0 Å². The first-order valence-electron chi connectivity index (χ1n) is 5.42. The summed E-state index contributed by atoms with van der Waals surface area (Å²) in [6, 6.07) is 5.13. The number of ketones is 1. The maximum absolute atomic E-state index is 12.1. The van der Waals surface area contributed by atoms with E-state index in [4.69, 9.17) is 10.5 Å². The summed E-state index contributed by atoms with van der Waals surface area (Å²) in [7, 11) is 3.26. The lowest BCUT2D eigenvalue weighted by Gasteiger charge is -2.08. The van der Waals surface area contributed by atoms with Gasteiger partial charge in [0.25, 0.3) is 0 Å². The number of carbonyl (C=O) groups is 1. The molecule has 0 saturated heterocycles. The van der Waals surface area contributed by atoms with Crippen LogP contribution in [0.2, 0.25) is 0 Å². The Labute approximate surface area is 104 Å². The van der Waals surface area contributed by atoms with Crippen molar-refractivity contribution in [2.24, 2.45) is 7.05 Å². The van der Waals surface area contributed by atoms with Crippen molar-refractivity contribution in [2.45, 2.75) is 6.42 Å². The van der Waals surface area contributed by atoms with Crippen molar-refractivity contribution < 1.29 is 9.53 Å². The first kappa shape index (κ1) is 12.1. The molecule has 2 N–H and O–H groups in total. The van der Waals surface area contributed by atoms with Crippen LogP contribution in [-0.2, 0) is 13.5 Å². The predicted molar refractivity (Wildman–Crippen MR) is 66.4 cm³/mol. The fraction of sp³-hybridized carbons (Fsp3) is 0.250. The van der Waals surface area contributed by atoms with Crippen LogP contribution in [-0.4, -0.2) is 27.7 Å². The lowest BCUT2D eigenvalue weighted by Crippen LogP contribution is -2.11. The van der Waals surface area contributed by atoms with Gasteiger partial charge in [0.15, 0.2) is 5.78 Å². The fourth-order valence-electron chi connectivity index (χ4n) is 1.68. The van der Waals surface area contributed by atoms with Gasteiger partial charge in [0.1, 0.15) is 17.9 Å². The Morgan fingerprint density at radius 3 is 2.89 bits per heavy atom. The molecule has 0 aliphatic heterocycles. The second-order valence-corrected chi connectivity index (χ2v) is 3.82. The van der Waals surface area contributed by atoms with Crippen LogP contribution < -0.4 is 10.5 Å². The van der Waals surface area contributed by atoms with Crippen LogP contribution in [0.1, 0.15) is 16.2 Å². The molecule has 2 rings (SSSR count). The Morgan fingerprint density at radius 1 is 1.50 bits per heavy atom. The number of hydrogen-bond acceptors (Lipinski definition) is 5. The minimum atomic E-state index is -0.109. The van der Waals surface area contributed by atoms with Crippen molar-refractivity contribution >= 4 is 11.5 Å². The maximum atomic E-state index is 12.1. The summed E-state index contributed by atoms with van der Waals surface area (Å²) < 4.78 is 6.65. The van der Waals surface area contributed by atoms with Gasteiger partial charge in [-0.15, -0.1) is 0 Å². The SMILES string of the molecule is COc1cccc(C(=O)Cc2ncnn2C)c1N. The number of hydrogen-bond donors (Lipinski definition) is 1. The molecule has 0 saturated carbocycles. The van der Waals surface area contributed by atoms with Crippen LogP contribution >= 0.6 is 0 Å². The smallest absolute Gasteiger partial charge is 0.172 e. The van der Waals surface area contributed by atoms with Gasteiger partial charge in [-0.05, 0) is 12.1 Å². The Kier molecular flexibility index (Phi) is 3.27. The Bertz CT molecular complexity index is 577. The molecule has 0 fully saturated rings. The van der Waals surface area contributed by atoms with Crippen molar-refractivity contribution in [3.05, 3.63) is 35.9 Å². The van der Waals surface area contributed by atoms with E-state index in [1.54, 1.807) is 29.9 Å². The number of aryl methyl sites for hydroxylation is 1. The highest BCUT2D eigenvalue weighted by Crippen LogP contribution is 2.25. The first-order valence-corrected chi connectivity index (χ1v) is 5.42. The average Bonchev–Trinajstić information content (AvgIpc) is 2.75. The van der Waals surface area contributed by atoms with Crippen molar-refractivity contribution in [1.82, 2.24) is 14.8 Å². The van der Waals surface area contributed by atoms with Gasteiger partial charge in [0.2, 0.25) is 0 Å². The number of nitrogens with two attached hydrogens (primary N) is 1. The van der Waals surface area contributed by atoms with Crippen LogP contribution in [0.5, 0.6) is 5.75 Å². The molecule has 0 bridgehead atoms. The first-order chi connectivity index (χ1) is 8.63. The van der Waals surface area contributed by atoms with E-state index in [2.05, 4.69) is 10.1 Å². The number of Topliss-reactive ketones (excluding diaryl/α,β-unsaturated/α-hetero) is 1. The molecule has 94 valence electrons. The van der Waals surface area contributed by atoms with Gasteiger partial charge < -0.3 is 10.5 Å². The number of nitrogen functional groups attached to an aromatic ring is 1. The number of methoxy groups -OCH3 is 1.